The summed E-state index contributed by atoms with van der Waals surface area (Å²) < 4.78 is 0. The van der Waals surface area contributed by atoms with E-state index in [0.29, 0.717) is 22.7 Å². The van der Waals surface area contributed by atoms with Crippen molar-refractivity contribution in [1.29, 1.82) is 5.26 Å². The van der Waals surface area contributed by atoms with Crippen LogP contribution in [0.5, 0.6) is 0 Å². The summed E-state index contributed by atoms with van der Waals surface area (Å²) in [5, 5.41) is 15.7. The number of rotatable bonds is 6. The summed E-state index contributed by atoms with van der Waals surface area (Å²) >= 11 is 0. The number of carbonyl (C=O) groups excluding carboxylic acids is 2. The molecule has 0 aliphatic heterocycles. The van der Waals surface area contributed by atoms with Gasteiger partial charge in [-0.2, -0.15) is 5.26 Å². The Morgan fingerprint density at radius 2 is 2.03 bits per heavy atom. The molecule has 0 atom stereocenters. The molecule has 1 aliphatic carbocycles. The molecule has 4 rings (SSSR count). The van der Waals surface area contributed by atoms with Crippen molar-refractivity contribution in [1.82, 2.24) is 20.3 Å². The molecule has 0 radical (unpaired) electrons. The molecule has 1 saturated carbocycles. The number of aryl methyl sites for hydroxylation is 1. The number of amides is 2. The van der Waals surface area contributed by atoms with Crippen molar-refractivity contribution in [2.75, 3.05) is 11.1 Å². The van der Waals surface area contributed by atoms with Gasteiger partial charge in [-0.05, 0) is 48.9 Å². The van der Waals surface area contributed by atoms with E-state index in [2.05, 4.69) is 31.7 Å². The second-order valence-electron chi connectivity index (χ2n) is 7.80. The van der Waals surface area contributed by atoms with Crippen LogP contribution in [0.3, 0.4) is 0 Å². The first-order chi connectivity index (χ1) is 15.4. The van der Waals surface area contributed by atoms with E-state index in [-0.39, 0.29) is 6.42 Å². The van der Waals surface area contributed by atoms with Crippen LogP contribution in [0.4, 0.5) is 11.6 Å². The van der Waals surface area contributed by atoms with Gasteiger partial charge in [0.25, 0.3) is 0 Å². The van der Waals surface area contributed by atoms with Crippen LogP contribution in [0, 0.1) is 18.3 Å². The minimum atomic E-state index is -0.498. The van der Waals surface area contributed by atoms with Crippen molar-refractivity contribution in [3.05, 3.63) is 54.5 Å². The van der Waals surface area contributed by atoms with Crippen molar-refractivity contribution in [2.24, 2.45) is 0 Å². The summed E-state index contributed by atoms with van der Waals surface area (Å²) in [6.07, 6.45) is 9.07. The van der Waals surface area contributed by atoms with Crippen molar-refractivity contribution in [3.8, 4) is 17.3 Å². The molecule has 3 aromatic heterocycles. The number of nitrogens with two attached hydrogens (primary N) is 1. The van der Waals surface area contributed by atoms with Gasteiger partial charge in [0.1, 0.15) is 11.6 Å². The Hall–Kier alpha value is -4.32. The Balaban J connectivity index is 1.50. The maximum Gasteiger partial charge on any atom is 0.249 e. The molecule has 0 unspecified atom stereocenters. The van der Waals surface area contributed by atoms with E-state index in [9.17, 15) is 9.59 Å². The van der Waals surface area contributed by atoms with Crippen LogP contribution in [0.15, 0.2) is 48.9 Å². The number of pyridine rings is 3. The summed E-state index contributed by atoms with van der Waals surface area (Å²) in [6.45, 7) is 1.96. The van der Waals surface area contributed by atoms with E-state index in [0.717, 1.165) is 41.5 Å². The highest BCUT2D eigenvalue weighted by Crippen LogP contribution is 2.38. The van der Waals surface area contributed by atoms with E-state index >= 15 is 0 Å². The highest BCUT2D eigenvalue weighted by Gasteiger charge is 2.43. The zero-order valence-electron chi connectivity index (χ0n) is 17.4. The van der Waals surface area contributed by atoms with E-state index in [1.54, 1.807) is 24.7 Å². The van der Waals surface area contributed by atoms with Gasteiger partial charge in [-0.15, -0.1) is 0 Å². The highest BCUT2D eigenvalue weighted by atomic mass is 16.2. The van der Waals surface area contributed by atoms with Crippen LogP contribution in [0.1, 0.15) is 24.8 Å². The van der Waals surface area contributed by atoms with Crippen molar-refractivity contribution >= 4 is 34.2 Å². The van der Waals surface area contributed by atoms with Crippen LogP contribution >= 0.6 is 0 Å². The van der Waals surface area contributed by atoms with Gasteiger partial charge in [0.05, 0.1) is 23.7 Å². The Bertz CT molecular complexity index is 1290. The Morgan fingerprint density at radius 3 is 2.75 bits per heavy atom. The van der Waals surface area contributed by atoms with Gasteiger partial charge < -0.3 is 16.4 Å². The highest BCUT2D eigenvalue weighted by molar-refractivity contribution is 6.04. The largest absolute Gasteiger partial charge is 0.383 e. The maximum atomic E-state index is 12.2. The lowest BCUT2D eigenvalue weighted by molar-refractivity contribution is -0.118. The van der Waals surface area contributed by atoms with Gasteiger partial charge in [-0.25, -0.2) is 9.97 Å². The maximum absolute atomic E-state index is 12.2. The molecule has 0 saturated heterocycles. The lowest BCUT2D eigenvalue weighted by Gasteiger charge is -2.11. The molecule has 0 aromatic carbocycles. The number of nitrogen functional groups attached to an aromatic ring is 1. The van der Waals surface area contributed by atoms with Crippen LogP contribution in [0.2, 0.25) is 0 Å². The van der Waals surface area contributed by atoms with Gasteiger partial charge in [0.2, 0.25) is 11.8 Å². The number of hydrogen-bond donors (Lipinski definition) is 3. The fourth-order valence-electron chi connectivity index (χ4n) is 3.38. The van der Waals surface area contributed by atoms with Gasteiger partial charge >= 0.3 is 0 Å². The van der Waals surface area contributed by atoms with Crippen molar-refractivity contribution < 1.29 is 9.59 Å². The third kappa shape index (κ3) is 4.54. The van der Waals surface area contributed by atoms with Gasteiger partial charge in [-0.1, -0.05) is 0 Å². The normalized spacial score (nSPS) is 14.1. The first-order valence-corrected chi connectivity index (χ1v) is 10.0. The smallest absolute Gasteiger partial charge is 0.249 e. The fourth-order valence-corrected chi connectivity index (χ4v) is 3.38. The van der Waals surface area contributed by atoms with Crippen molar-refractivity contribution in [3.63, 3.8) is 0 Å². The second-order valence-corrected chi connectivity index (χ2v) is 7.80. The lowest BCUT2D eigenvalue weighted by atomic mass is 10.1. The monoisotopic (exact) mass is 427 g/mol. The quantitative estimate of drug-likeness (QED) is 0.512. The van der Waals surface area contributed by atoms with Gasteiger partial charge in [-0.3, -0.25) is 14.6 Å². The predicted octanol–water partition coefficient (Wildman–Crippen LogP) is 2.64. The fraction of sp³-hybridized carbons (Fsp3) is 0.217. The molecule has 0 spiro atoms. The van der Waals surface area contributed by atoms with E-state index in [1.165, 1.54) is 0 Å². The van der Waals surface area contributed by atoms with E-state index < -0.39 is 17.4 Å². The Morgan fingerprint density at radius 1 is 1.25 bits per heavy atom. The summed E-state index contributed by atoms with van der Waals surface area (Å²) in [7, 11) is 0. The number of anilines is 2. The number of carbonyl (C=O) groups is 2. The number of nitrogens with one attached hydrogen (secondary N) is 2. The molecular weight excluding hydrogens is 406 g/mol. The third-order valence-electron chi connectivity index (χ3n) is 5.36. The van der Waals surface area contributed by atoms with E-state index in [4.69, 9.17) is 11.0 Å². The number of aromatic nitrogens is 3. The lowest BCUT2D eigenvalue weighted by Crippen LogP contribution is -2.35. The minimum absolute atomic E-state index is 0.262. The van der Waals surface area contributed by atoms with Crippen molar-refractivity contribution in [2.45, 2.75) is 31.7 Å². The molecule has 1 aliphatic rings. The topological polar surface area (TPSA) is 147 Å². The Labute approximate surface area is 184 Å². The average Bonchev–Trinajstić information content (AvgIpc) is 3.51. The molecular formula is C23H21N7O2. The molecule has 3 aromatic rings. The minimum Gasteiger partial charge on any atom is -0.383 e. The van der Waals surface area contributed by atoms with Gasteiger partial charge in [0, 0.05) is 41.7 Å². The average molecular weight is 427 g/mol. The molecule has 160 valence electrons. The molecule has 3 heterocycles. The van der Waals surface area contributed by atoms with Gasteiger partial charge in [0.15, 0.2) is 0 Å². The number of hydrogen-bond acceptors (Lipinski definition) is 7. The number of nitriles is 1. The van der Waals surface area contributed by atoms with Crippen LogP contribution in [0.25, 0.3) is 22.0 Å². The number of nitrogens with zero attached hydrogens (tertiary/aromatic N) is 4. The standard InChI is InChI=1S/C23H21N7O2/c1-14-4-9-26-12-16(14)18-10-15-11-19(27-13-17(15)22(25)28-18)29-20(31)2-3-21(32)30-23(5-6-23)7-8-24/h2-4,9-13H,5-7H2,1H3,(H2,25,28)(H,30,32)(H,27,29,31)/b3-2-. The molecule has 2 amide bonds. The Kier molecular flexibility index (Phi) is 5.52. The predicted molar refractivity (Wildman–Crippen MR) is 120 cm³/mol. The first kappa shape index (κ1) is 20.9. The molecule has 32 heavy (non-hydrogen) atoms. The summed E-state index contributed by atoms with van der Waals surface area (Å²) in [5.74, 6) is -0.263. The van der Waals surface area contributed by atoms with E-state index in [1.807, 2.05) is 19.1 Å². The molecule has 4 N–H and O–H groups in total. The zero-order valence-corrected chi connectivity index (χ0v) is 17.4. The van der Waals surface area contributed by atoms with Crippen LogP contribution in [-0.2, 0) is 9.59 Å². The SMILES string of the molecule is Cc1ccncc1-c1cc2cc(NC(=O)/C=C\C(=O)NC3(CC#N)CC3)ncc2c(N)n1. The molecule has 9 nitrogen and oxygen atoms in total. The molecule has 9 heteroatoms. The summed E-state index contributed by atoms with van der Waals surface area (Å²) in [4.78, 5) is 37.1. The summed E-state index contributed by atoms with van der Waals surface area (Å²) in [6, 6.07) is 7.52. The molecule has 0 bridgehead atoms. The first-order valence-electron chi connectivity index (χ1n) is 10.0. The van der Waals surface area contributed by atoms with Crippen LogP contribution in [-0.4, -0.2) is 32.3 Å². The molecule has 1 fully saturated rings. The second kappa shape index (κ2) is 8.43. The summed E-state index contributed by atoms with van der Waals surface area (Å²) in [5.41, 5.74) is 8.23. The zero-order chi connectivity index (χ0) is 22.7. The van der Waals surface area contributed by atoms with Crippen LogP contribution < -0.4 is 16.4 Å². The number of fused-ring (bicyclic) bond motifs is 1. The third-order valence-corrected chi connectivity index (χ3v) is 5.36.